The molecule has 0 bridgehead atoms. The minimum absolute atomic E-state index is 0.0919. The Kier molecular flexibility index (Phi) is 12.8. The summed E-state index contributed by atoms with van der Waals surface area (Å²) in [5.41, 5.74) is 4.92. The van der Waals surface area contributed by atoms with E-state index in [0.29, 0.717) is 37.4 Å². The topological polar surface area (TPSA) is 109 Å². The molecule has 0 aromatic heterocycles. The zero-order chi connectivity index (χ0) is 39.8. The van der Waals surface area contributed by atoms with Gasteiger partial charge < -0.3 is 47.4 Å². The molecule has 0 aliphatic carbocycles. The molecule has 0 radical (unpaired) electrons. The molecule has 0 unspecified atom stereocenters. The Morgan fingerprint density at radius 1 is 0.492 bits per heavy atom. The Labute approximate surface area is 344 Å². The number of benzene rings is 5. The third kappa shape index (κ3) is 9.82. The van der Waals surface area contributed by atoms with E-state index in [1.165, 1.54) is 0 Å². The molecule has 4 fully saturated rings. The van der Waals surface area contributed by atoms with E-state index in [1.807, 2.05) is 133 Å². The average molecular weight is 801 g/mol. The zero-order valence-electron chi connectivity index (χ0n) is 32.6. The summed E-state index contributed by atoms with van der Waals surface area (Å²) in [5, 5.41) is 0. The van der Waals surface area contributed by atoms with E-state index in [2.05, 4.69) is 0 Å². The van der Waals surface area contributed by atoms with Gasteiger partial charge in [-0.05, 0) is 22.8 Å². The Morgan fingerprint density at radius 2 is 0.949 bits per heavy atom. The predicted molar refractivity (Wildman–Crippen MR) is 213 cm³/mol. The van der Waals surface area contributed by atoms with Crippen LogP contribution in [-0.2, 0) is 67.2 Å². The van der Waals surface area contributed by atoms with Gasteiger partial charge in [0, 0.05) is 24.0 Å². The molecule has 11 nitrogen and oxygen atoms in total. The lowest BCUT2D eigenvalue weighted by atomic mass is 9.99. The molecule has 0 spiro atoms. The summed E-state index contributed by atoms with van der Waals surface area (Å²) in [7, 11) is 0. The van der Waals surface area contributed by atoms with Crippen LogP contribution in [0, 0.1) is 0 Å². The third-order valence-corrected chi connectivity index (χ3v) is 11.0. The van der Waals surface area contributed by atoms with E-state index >= 15 is 0 Å². The molecular weight excluding hydrogens is 753 g/mol. The molecule has 5 aromatic carbocycles. The van der Waals surface area contributed by atoms with Crippen molar-refractivity contribution in [2.45, 2.75) is 94.4 Å². The molecule has 0 amide bonds. The molecule has 4 saturated heterocycles. The van der Waals surface area contributed by atoms with E-state index in [4.69, 9.17) is 47.4 Å². The summed E-state index contributed by atoms with van der Waals surface area (Å²) in [6, 6.07) is 46.8. The number of hydrogen-bond donors (Lipinski definition) is 0. The quantitative estimate of drug-likeness (QED) is 0.108. The smallest absolute Gasteiger partial charge is 0.340 e. The van der Waals surface area contributed by atoms with Crippen LogP contribution < -0.4 is 0 Å². The molecule has 4 heterocycles. The number of ether oxygens (including phenoxy) is 10. The minimum atomic E-state index is -0.897. The van der Waals surface area contributed by atoms with E-state index in [9.17, 15) is 4.79 Å². The van der Waals surface area contributed by atoms with E-state index < -0.39 is 55.5 Å². The fraction of sp³-hybridized carbons (Fsp3) is 0.354. The van der Waals surface area contributed by atoms with E-state index in [1.54, 1.807) is 12.1 Å². The van der Waals surface area contributed by atoms with Gasteiger partial charge in [0.2, 0.25) is 6.29 Å². The highest BCUT2D eigenvalue weighted by Gasteiger charge is 2.47. The Hall–Kier alpha value is -4.79. The number of rotatable bonds is 13. The number of hydrogen-bond acceptors (Lipinski definition) is 11. The van der Waals surface area contributed by atoms with Gasteiger partial charge in [-0.25, -0.2) is 4.79 Å². The predicted octanol–water partition coefficient (Wildman–Crippen LogP) is 7.99. The summed E-state index contributed by atoms with van der Waals surface area (Å²) in [6.07, 6.45) is -4.46. The molecule has 0 N–H and O–H groups in total. The van der Waals surface area contributed by atoms with Crippen LogP contribution in [0.2, 0.25) is 0 Å². The van der Waals surface area contributed by atoms with Crippen LogP contribution in [-0.4, -0.2) is 68.4 Å². The van der Waals surface area contributed by atoms with Gasteiger partial charge in [-0.3, -0.25) is 0 Å². The largest absolute Gasteiger partial charge is 0.432 e. The number of carbonyl (C=O) groups excluding carboxylic acids is 1. The highest BCUT2D eigenvalue weighted by Crippen LogP contribution is 2.38. The van der Waals surface area contributed by atoms with Crippen molar-refractivity contribution < 1.29 is 52.2 Å². The summed E-state index contributed by atoms with van der Waals surface area (Å²) in [5.74, 6) is -0.538. The highest BCUT2D eigenvalue weighted by molar-refractivity contribution is 5.91. The molecule has 10 atom stereocenters. The lowest BCUT2D eigenvalue weighted by Gasteiger charge is -2.45. The van der Waals surface area contributed by atoms with Crippen molar-refractivity contribution in [3.63, 3.8) is 0 Å². The first kappa shape index (κ1) is 39.7. The van der Waals surface area contributed by atoms with Crippen molar-refractivity contribution in [3.05, 3.63) is 179 Å². The van der Waals surface area contributed by atoms with Gasteiger partial charge in [0.1, 0.15) is 24.4 Å². The Bertz CT molecular complexity index is 2070. The van der Waals surface area contributed by atoms with Crippen molar-refractivity contribution in [2.75, 3.05) is 13.2 Å². The van der Waals surface area contributed by atoms with Crippen molar-refractivity contribution in [2.24, 2.45) is 0 Å². The zero-order valence-corrected chi connectivity index (χ0v) is 32.6. The number of esters is 1. The standard InChI is InChI=1S/C48H48O11/c49-46(57-43-26-39(51-28-33-17-7-2-8-18-33)45-41(56-43)31-54-48(59-45)35-21-11-4-12-22-35)37-24-14-13-23-36(37)29-52-42-25-38(50-27-32-15-5-1-6-16-32)44-40(55-42)30-53-47(58-44)34-19-9-3-10-20-34/h1-24,38-45,47-48H,25-31H2/t38-,39-,40-,41-,42+,43-,44+,45+,47-,48-/m1/s1. The first-order valence-electron chi connectivity index (χ1n) is 20.3. The number of fused-ring (bicyclic) bond motifs is 2. The van der Waals surface area contributed by atoms with Gasteiger partial charge in [0.25, 0.3) is 0 Å². The Balaban J connectivity index is 0.855. The highest BCUT2D eigenvalue weighted by atomic mass is 16.8. The molecule has 4 aliphatic rings. The summed E-state index contributed by atoms with van der Waals surface area (Å²) in [4.78, 5) is 13.9. The molecule has 11 heteroatoms. The van der Waals surface area contributed by atoms with Crippen LogP contribution in [0.3, 0.4) is 0 Å². The second-order valence-electron chi connectivity index (χ2n) is 15.1. The van der Waals surface area contributed by atoms with Crippen LogP contribution >= 0.6 is 0 Å². The normalized spacial score (nSPS) is 29.2. The monoisotopic (exact) mass is 800 g/mol. The van der Waals surface area contributed by atoms with Gasteiger partial charge in [-0.1, -0.05) is 140 Å². The maximum absolute atomic E-state index is 13.9. The first-order chi connectivity index (χ1) is 29.1. The van der Waals surface area contributed by atoms with Gasteiger partial charge in [-0.2, -0.15) is 0 Å². The molecule has 5 aromatic rings. The van der Waals surface area contributed by atoms with Gasteiger partial charge in [0.15, 0.2) is 18.9 Å². The number of carbonyl (C=O) groups is 1. The van der Waals surface area contributed by atoms with Gasteiger partial charge in [-0.15, -0.1) is 0 Å². The average Bonchev–Trinajstić information content (AvgIpc) is 3.30. The SMILES string of the molecule is O=C(O[C@@H]1C[C@@H](OCc2ccccc2)[C@@H]2O[C@H](c3ccccc3)OC[C@H]2O1)c1ccccc1CO[C@@H]1C[C@@H](OCc2ccccc2)[C@@H]2O[C@H](c3ccccc3)OC[C@H]2O1. The molecule has 59 heavy (non-hydrogen) atoms. The third-order valence-electron chi connectivity index (χ3n) is 11.0. The maximum atomic E-state index is 13.9. The van der Waals surface area contributed by atoms with E-state index in [0.717, 1.165) is 22.3 Å². The summed E-state index contributed by atoms with van der Waals surface area (Å²) in [6.45, 7) is 1.42. The molecule has 306 valence electrons. The summed E-state index contributed by atoms with van der Waals surface area (Å²) >= 11 is 0. The van der Waals surface area contributed by atoms with E-state index in [-0.39, 0.29) is 31.8 Å². The maximum Gasteiger partial charge on any atom is 0.340 e. The Morgan fingerprint density at radius 3 is 1.49 bits per heavy atom. The lowest BCUT2D eigenvalue weighted by Crippen LogP contribution is -2.56. The second-order valence-corrected chi connectivity index (χ2v) is 15.1. The van der Waals surface area contributed by atoms with Crippen LogP contribution in [0.5, 0.6) is 0 Å². The molecule has 0 saturated carbocycles. The van der Waals surface area contributed by atoms with Crippen molar-refractivity contribution in [3.8, 4) is 0 Å². The van der Waals surface area contributed by atoms with Crippen molar-refractivity contribution in [1.29, 1.82) is 0 Å². The first-order valence-corrected chi connectivity index (χ1v) is 20.3. The van der Waals surface area contributed by atoms with Gasteiger partial charge in [0.05, 0.1) is 50.8 Å². The fourth-order valence-electron chi connectivity index (χ4n) is 7.97. The molecule has 9 rings (SSSR count). The van der Waals surface area contributed by atoms with Gasteiger partial charge >= 0.3 is 5.97 Å². The lowest BCUT2D eigenvalue weighted by molar-refractivity contribution is -0.343. The van der Waals surface area contributed by atoms with Crippen molar-refractivity contribution >= 4 is 5.97 Å². The van der Waals surface area contributed by atoms with Crippen molar-refractivity contribution in [1.82, 2.24) is 0 Å². The van der Waals surface area contributed by atoms with Crippen LogP contribution in [0.4, 0.5) is 0 Å². The van der Waals surface area contributed by atoms with Crippen LogP contribution in [0.1, 0.15) is 63.6 Å². The second kappa shape index (κ2) is 19.1. The van der Waals surface area contributed by atoms with Crippen LogP contribution in [0.25, 0.3) is 0 Å². The minimum Gasteiger partial charge on any atom is -0.432 e. The molecule has 4 aliphatic heterocycles. The van der Waals surface area contributed by atoms with Crippen LogP contribution in [0.15, 0.2) is 146 Å². The summed E-state index contributed by atoms with van der Waals surface area (Å²) < 4.78 is 63.4. The fourth-order valence-corrected chi connectivity index (χ4v) is 7.97. The molecular formula is C48H48O11.